The van der Waals surface area contributed by atoms with Gasteiger partial charge in [0.15, 0.2) is 0 Å². The lowest BCUT2D eigenvalue weighted by molar-refractivity contribution is -0.154. The summed E-state index contributed by atoms with van der Waals surface area (Å²) in [6.07, 6.45) is 4.84. The number of carbonyl (C=O) groups is 2. The molecule has 0 saturated heterocycles. The Kier molecular flexibility index (Phi) is 11.2. The Balaban J connectivity index is 5.14. The van der Waals surface area contributed by atoms with E-state index in [4.69, 9.17) is 4.74 Å². The molecule has 0 aliphatic rings. The second-order valence-electron chi connectivity index (χ2n) is 7.21. The van der Waals surface area contributed by atoms with Gasteiger partial charge in [-0.2, -0.15) is 0 Å². The number of ketones is 1. The molecule has 0 rings (SSSR count). The largest absolute Gasteiger partial charge is 0.465 e. The molecule has 0 aromatic carbocycles. The van der Waals surface area contributed by atoms with Crippen LogP contribution in [0, 0.1) is 23.7 Å². The fourth-order valence-electron chi connectivity index (χ4n) is 2.81. The van der Waals surface area contributed by atoms with E-state index in [2.05, 4.69) is 34.6 Å². The standard InChI is InChI=1S/C19H36O3/c1-7-9-10-18(20)16(12-14(3)4)17(13-15(5)6)19(21)22-11-8-2/h14-17H,7-13H2,1-6H3. The number of unbranched alkanes of at least 4 members (excludes halogenated alkanes) is 1. The predicted octanol–water partition coefficient (Wildman–Crippen LogP) is 5.02. The van der Waals surface area contributed by atoms with Crippen molar-refractivity contribution >= 4 is 11.8 Å². The van der Waals surface area contributed by atoms with Crippen molar-refractivity contribution in [3.05, 3.63) is 0 Å². The summed E-state index contributed by atoms with van der Waals surface area (Å²) in [6, 6.07) is 0. The average Bonchev–Trinajstić information content (AvgIpc) is 2.45. The molecular formula is C19H36O3. The van der Waals surface area contributed by atoms with Crippen molar-refractivity contribution in [3.63, 3.8) is 0 Å². The van der Waals surface area contributed by atoms with Crippen LogP contribution in [0.25, 0.3) is 0 Å². The average molecular weight is 312 g/mol. The summed E-state index contributed by atoms with van der Waals surface area (Å²) >= 11 is 0. The van der Waals surface area contributed by atoms with E-state index in [0.29, 0.717) is 24.9 Å². The van der Waals surface area contributed by atoms with Crippen LogP contribution in [0.15, 0.2) is 0 Å². The van der Waals surface area contributed by atoms with Gasteiger partial charge in [-0.25, -0.2) is 0 Å². The molecule has 0 amide bonds. The van der Waals surface area contributed by atoms with Crippen LogP contribution in [-0.2, 0) is 14.3 Å². The minimum Gasteiger partial charge on any atom is -0.465 e. The summed E-state index contributed by atoms with van der Waals surface area (Å²) in [4.78, 5) is 25.1. The zero-order chi connectivity index (χ0) is 17.1. The fraction of sp³-hybridized carbons (Fsp3) is 0.895. The van der Waals surface area contributed by atoms with Crippen LogP contribution >= 0.6 is 0 Å². The van der Waals surface area contributed by atoms with Crippen LogP contribution < -0.4 is 0 Å². The fourth-order valence-corrected chi connectivity index (χ4v) is 2.81. The van der Waals surface area contributed by atoms with Crippen molar-refractivity contribution in [1.29, 1.82) is 0 Å². The normalized spacial score (nSPS) is 14.2. The molecule has 0 fully saturated rings. The zero-order valence-electron chi connectivity index (χ0n) is 15.5. The third kappa shape index (κ3) is 8.55. The van der Waals surface area contributed by atoms with Gasteiger partial charge in [-0.05, 0) is 37.5 Å². The second kappa shape index (κ2) is 11.7. The maximum Gasteiger partial charge on any atom is 0.309 e. The Morgan fingerprint density at radius 1 is 0.864 bits per heavy atom. The molecule has 0 aromatic heterocycles. The lowest BCUT2D eigenvalue weighted by Gasteiger charge is -2.27. The molecule has 0 bridgehead atoms. The van der Waals surface area contributed by atoms with E-state index in [9.17, 15) is 9.59 Å². The molecule has 0 spiro atoms. The second-order valence-corrected chi connectivity index (χ2v) is 7.21. The van der Waals surface area contributed by atoms with Crippen LogP contribution in [0.4, 0.5) is 0 Å². The van der Waals surface area contributed by atoms with Crippen molar-refractivity contribution in [2.45, 2.75) is 80.1 Å². The lowest BCUT2D eigenvalue weighted by Crippen LogP contribution is -2.33. The van der Waals surface area contributed by atoms with Gasteiger partial charge in [0.2, 0.25) is 0 Å². The first-order chi connectivity index (χ1) is 10.3. The summed E-state index contributed by atoms with van der Waals surface area (Å²) in [5, 5.41) is 0. The van der Waals surface area contributed by atoms with Gasteiger partial charge in [-0.3, -0.25) is 9.59 Å². The topological polar surface area (TPSA) is 43.4 Å². The van der Waals surface area contributed by atoms with E-state index in [0.717, 1.165) is 32.1 Å². The smallest absolute Gasteiger partial charge is 0.309 e. The number of carbonyl (C=O) groups excluding carboxylic acids is 2. The molecular weight excluding hydrogens is 276 g/mol. The van der Waals surface area contributed by atoms with Gasteiger partial charge < -0.3 is 4.74 Å². The number of hydrogen-bond acceptors (Lipinski definition) is 3. The monoisotopic (exact) mass is 312 g/mol. The minimum absolute atomic E-state index is 0.175. The van der Waals surface area contributed by atoms with E-state index in [1.807, 2.05) is 6.92 Å². The van der Waals surface area contributed by atoms with E-state index in [1.165, 1.54) is 0 Å². The summed E-state index contributed by atoms with van der Waals surface area (Å²) in [5.41, 5.74) is 0. The highest BCUT2D eigenvalue weighted by Gasteiger charge is 2.34. The van der Waals surface area contributed by atoms with Crippen LogP contribution in [-0.4, -0.2) is 18.4 Å². The summed E-state index contributed by atoms with van der Waals surface area (Å²) in [7, 11) is 0. The molecule has 3 nitrogen and oxygen atoms in total. The van der Waals surface area contributed by atoms with Gasteiger partial charge in [0, 0.05) is 12.3 Å². The van der Waals surface area contributed by atoms with E-state index >= 15 is 0 Å². The highest BCUT2D eigenvalue weighted by atomic mass is 16.5. The maximum atomic E-state index is 12.6. The Bertz CT molecular complexity index is 289. The van der Waals surface area contributed by atoms with E-state index < -0.39 is 0 Å². The third-order valence-corrected chi connectivity index (χ3v) is 3.88. The molecule has 22 heavy (non-hydrogen) atoms. The minimum atomic E-state index is -0.279. The zero-order valence-corrected chi connectivity index (χ0v) is 15.5. The van der Waals surface area contributed by atoms with Crippen LogP contribution in [0.2, 0.25) is 0 Å². The van der Waals surface area contributed by atoms with Crippen molar-refractivity contribution < 1.29 is 14.3 Å². The summed E-state index contributed by atoms with van der Waals surface area (Å²) in [5.74, 6) is 0.398. The molecule has 0 aliphatic carbocycles. The molecule has 3 heteroatoms. The van der Waals surface area contributed by atoms with Crippen LogP contribution in [0.3, 0.4) is 0 Å². The van der Waals surface area contributed by atoms with Gasteiger partial charge >= 0.3 is 5.97 Å². The molecule has 0 N–H and O–H groups in total. The van der Waals surface area contributed by atoms with Crippen molar-refractivity contribution in [1.82, 2.24) is 0 Å². The maximum absolute atomic E-state index is 12.6. The van der Waals surface area contributed by atoms with Crippen LogP contribution in [0.1, 0.15) is 80.1 Å². The Morgan fingerprint density at radius 2 is 1.41 bits per heavy atom. The Morgan fingerprint density at radius 3 is 1.86 bits per heavy atom. The van der Waals surface area contributed by atoms with Crippen molar-refractivity contribution in [3.8, 4) is 0 Å². The molecule has 0 aliphatic heterocycles. The number of Topliss-reactive ketones (excluding diaryl/α,β-unsaturated/α-hetero) is 1. The van der Waals surface area contributed by atoms with Gasteiger partial charge in [-0.1, -0.05) is 48.0 Å². The number of hydrogen-bond donors (Lipinski definition) is 0. The quantitative estimate of drug-likeness (QED) is 0.475. The predicted molar refractivity (Wildman–Crippen MR) is 91.7 cm³/mol. The Labute approximate surface area is 137 Å². The summed E-state index contributed by atoms with van der Waals surface area (Å²) < 4.78 is 5.38. The summed E-state index contributed by atoms with van der Waals surface area (Å²) in [6.45, 7) is 13.0. The molecule has 2 atom stereocenters. The molecule has 0 heterocycles. The van der Waals surface area contributed by atoms with E-state index in [-0.39, 0.29) is 23.6 Å². The molecule has 0 radical (unpaired) electrons. The first kappa shape index (κ1) is 21.1. The van der Waals surface area contributed by atoms with E-state index in [1.54, 1.807) is 0 Å². The Hall–Kier alpha value is -0.860. The number of rotatable bonds is 12. The van der Waals surface area contributed by atoms with Gasteiger partial charge in [0.1, 0.15) is 5.78 Å². The molecule has 130 valence electrons. The SMILES string of the molecule is CCCCC(=O)C(CC(C)C)C(CC(C)C)C(=O)OCCC. The number of esters is 1. The third-order valence-electron chi connectivity index (χ3n) is 3.88. The number of ether oxygens (including phenoxy) is 1. The highest BCUT2D eigenvalue weighted by molar-refractivity contribution is 5.86. The van der Waals surface area contributed by atoms with Gasteiger partial charge in [-0.15, -0.1) is 0 Å². The molecule has 2 unspecified atom stereocenters. The van der Waals surface area contributed by atoms with Gasteiger partial charge in [0.25, 0.3) is 0 Å². The van der Waals surface area contributed by atoms with Crippen molar-refractivity contribution in [2.75, 3.05) is 6.61 Å². The first-order valence-corrected chi connectivity index (χ1v) is 9.02. The molecule has 0 saturated carbocycles. The first-order valence-electron chi connectivity index (χ1n) is 9.02. The molecule has 0 aromatic rings. The lowest BCUT2D eigenvalue weighted by atomic mass is 9.77. The highest BCUT2D eigenvalue weighted by Crippen LogP contribution is 2.30. The van der Waals surface area contributed by atoms with Crippen LogP contribution in [0.5, 0.6) is 0 Å². The van der Waals surface area contributed by atoms with Crippen molar-refractivity contribution in [2.24, 2.45) is 23.7 Å². The van der Waals surface area contributed by atoms with Gasteiger partial charge in [0.05, 0.1) is 12.5 Å².